The van der Waals surface area contributed by atoms with E-state index < -0.39 is 5.91 Å². The van der Waals surface area contributed by atoms with E-state index in [1.807, 2.05) is 43.9 Å². The van der Waals surface area contributed by atoms with Crippen LogP contribution in [0.25, 0.3) is 16.6 Å². The van der Waals surface area contributed by atoms with Crippen LogP contribution in [0.3, 0.4) is 0 Å². The van der Waals surface area contributed by atoms with Gasteiger partial charge in [-0.2, -0.15) is 5.10 Å². The van der Waals surface area contributed by atoms with Crippen LogP contribution >= 0.6 is 0 Å². The summed E-state index contributed by atoms with van der Waals surface area (Å²) in [4.78, 5) is 32.2. The first-order chi connectivity index (χ1) is 17.7. The van der Waals surface area contributed by atoms with Gasteiger partial charge in [0.2, 0.25) is 5.91 Å². The number of carbonyl (C=O) groups is 2. The summed E-state index contributed by atoms with van der Waals surface area (Å²) in [5.74, 6) is -0.508. The third-order valence-corrected chi connectivity index (χ3v) is 7.08. The number of rotatable bonds is 6. The highest BCUT2D eigenvalue weighted by molar-refractivity contribution is 6.08. The predicted octanol–water partition coefficient (Wildman–Crippen LogP) is 3.13. The number of hydrogen-bond donors (Lipinski definition) is 2. The summed E-state index contributed by atoms with van der Waals surface area (Å²) in [6.07, 6.45) is 5.66. The molecule has 1 fully saturated rings. The van der Waals surface area contributed by atoms with Gasteiger partial charge in [-0.3, -0.25) is 24.2 Å². The van der Waals surface area contributed by atoms with E-state index in [0.29, 0.717) is 35.2 Å². The van der Waals surface area contributed by atoms with Gasteiger partial charge < -0.3 is 10.6 Å². The monoisotopic (exact) mass is 501 g/mol. The van der Waals surface area contributed by atoms with Crippen molar-refractivity contribution in [3.8, 4) is 11.1 Å². The smallest absolute Gasteiger partial charge is 0.278 e. The molecule has 1 aliphatic rings. The van der Waals surface area contributed by atoms with Gasteiger partial charge in [0.25, 0.3) is 5.91 Å². The molecule has 0 unspecified atom stereocenters. The maximum atomic E-state index is 13.1. The molecule has 192 valence electrons. The minimum Gasteiger partial charge on any atom is -0.324 e. The van der Waals surface area contributed by atoms with Gasteiger partial charge in [0.1, 0.15) is 0 Å². The van der Waals surface area contributed by atoms with Crippen molar-refractivity contribution in [1.82, 2.24) is 34.5 Å². The van der Waals surface area contributed by atoms with E-state index in [1.54, 1.807) is 23.7 Å². The maximum absolute atomic E-state index is 13.1. The highest BCUT2D eigenvalue weighted by atomic mass is 16.2. The summed E-state index contributed by atoms with van der Waals surface area (Å²) in [6.45, 7) is 9.17. The summed E-state index contributed by atoms with van der Waals surface area (Å²) in [7, 11) is 1.91. The molecule has 4 aromatic heterocycles. The van der Waals surface area contributed by atoms with Crippen molar-refractivity contribution < 1.29 is 9.59 Å². The summed E-state index contributed by atoms with van der Waals surface area (Å²) in [5.41, 5.74) is 6.36. The van der Waals surface area contributed by atoms with Crippen LogP contribution in [0, 0.1) is 20.8 Å². The fraction of sp³-hybridized carbons (Fsp3) is 0.385. The van der Waals surface area contributed by atoms with Gasteiger partial charge in [-0.15, -0.1) is 5.10 Å². The molecule has 2 amide bonds. The minimum atomic E-state index is -0.407. The third kappa shape index (κ3) is 4.82. The van der Waals surface area contributed by atoms with Crippen molar-refractivity contribution in [3.63, 3.8) is 0 Å². The van der Waals surface area contributed by atoms with Crippen molar-refractivity contribution in [2.75, 3.05) is 23.7 Å². The van der Waals surface area contributed by atoms with Crippen molar-refractivity contribution in [1.29, 1.82) is 0 Å². The molecule has 2 N–H and O–H groups in total. The quantitative estimate of drug-likeness (QED) is 0.416. The van der Waals surface area contributed by atoms with Gasteiger partial charge in [-0.1, -0.05) is 11.3 Å². The van der Waals surface area contributed by atoms with Crippen LogP contribution in [0.15, 0.2) is 30.6 Å². The van der Waals surface area contributed by atoms with Gasteiger partial charge in [-0.25, -0.2) is 4.52 Å². The maximum Gasteiger partial charge on any atom is 0.278 e. The van der Waals surface area contributed by atoms with Crippen molar-refractivity contribution in [2.45, 2.75) is 46.6 Å². The molecular weight excluding hydrogens is 470 g/mol. The Hall–Kier alpha value is -4.12. The minimum absolute atomic E-state index is 0.101. The highest BCUT2D eigenvalue weighted by Gasteiger charge is 2.23. The lowest BCUT2D eigenvalue weighted by molar-refractivity contribution is -0.117. The van der Waals surface area contributed by atoms with E-state index in [1.165, 1.54) is 0 Å². The van der Waals surface area contributed by atoms with E-state index in [2.05, 4.69) is 42.9 Å². The molecule has 11 nitrogen and oxygen atoms in total. The van der Waals surface area contributed by atoms with Crippen LogP contribution in [0.2, 0.25) is 0 Å². The second-order valence-corrected chi connectivity index (χ2v) is 9.68. The second-order valence-electron chi connectivity index (χ2n) is 9.68. The van der Waals surface area contributed by atoms with E-state index in [4.69, 9.17) is 0 Å². The zero-order valence-electron chi connectivity index (χ0n) is 21.7. The van der Waals surface area contributed by atoms with E-state index >= 15 is 0 Å². The Balaban J connectivity index is 1.33. The first-order valence-corrected chi connectivity index (χ1v) is 12.4. The zero-order chi connectivity index (χ0) is 26.3. The van der Waals surface area contributed by atoms with Crippen LogP contribution in [0.5, 0.6) is 0 Å². The normalized spacial score (nSPS) is 15.9. The highest BCUT2D eigenvalue weighted by Crippen LogP contribution is 2.27. The van der Waals surface area contributed by atoms with E-state index in [0.717, 1.165) is 41.9 Å². The zero-order valence-corrected chi connectivity index (χ0v) is 21.7. The Morgan fingerprint density at radius 1 is 1.14 bits per heavy atom. The van der Waals surface area contributed by atoms with Gasteiger partial charge in [0.05, 0.1) is 41.0 Å². The standard InChI is InChI=1S/C26H31N9O2/c1-15-7-6-10-34(15)14-23(36)28-20-11-21(16(2)27-12-20)29-26(37)25-22-9-8-19(13-35(22)32-30-25)24-17(3)31-33(5)18(24)4/h8-9,11-13,15H,6-7,10,14H2,1-5H3,(H,28,36)(H,29,37)/t15-/m0/s1. The molecule has 1 saturated heterocycles. The second kappa shape index (κ2) is 9.74. The average molecular weight is 502 g/mol. The number of fused-ring (bicyclic) bond motifs is 1. The van der Waals surface area contributed by atoms with Crippen LogP contribution in [0.1, 0.15) is 47.3 Å². The van der Waals surface area contributed by atoms with Crippen LogP contribution in [-0.2, 0) is 11.8 Å². The number of nitrogens with zero attached hydrogens (tertiary/aromatic N) is 7. The lowest BCUT2D eigenvalue weighted by Crippen LogP contribution is -2.35. The number of amides is 2. The lowest BCUT2D eigenvalue weighted by atomic mass is 10.1. The topological polar surface area (TPSA) is 122 Å². The van der Waals surface area contributed by atoms with Gasteiger partial charge in [0, 0.05) is 36.1 Å². The fourth-order valence-electron chi connectivity index (χ4n) is 4.92. The number of aryl methyl sites for hydroxylation is 3. The largest absolute Gasteiger partial charge is 0.324 e. The molecule has 37 heavy (non-hydrogen) atoms. The van der Waals surface area contributed by atoms with E-state index in [-0.39, 0.29) is 11.6 Å². The number of likely N-dealkylation sites (tertiary alicyclic amines) is 1. The molecule has 4 aromatic rings. The molecule has 11 heteroatoms. The predicted molar refractivity (Wildman–Crippen MR) is 140 cm³/mol. The third-order valence-electron chi connectivity index (χ3n) is 7.08. The molecule has 5 rings (SSSR count). The molecule has 0 aromatic carbocycles. The number of anilines is 2. The van der Waals surface area contributed by atoms with Crippen molar-refractivity contribution in [3.05, 3.63) is 53.4 Å². The summed E-state index contributed by atoms with van der Waals surface area (Å²) in [5, 5.41) is 18.5. The molecule has 1 aliphatic heterocycles. The SMILES string of the molecule is Cc1ncc(NC(=O)CN2CCC[C@@H]2C)cc1NC(=O)c1nnn2cc(-c3c(C)nn(C)c3C)ccc12. The van der Waals surface area contributed by atoms with Crippen LogP contribution < -0.4 is 10.6 Å². The summed E-state index contributed by atoms with van der Waals surface area (Å²) in [6, 6.07) is 5.89. The Kier molecular flexibility index (Phi) is 6.46. The van der Waals surface area contributed by atoms with Gasteiger partial charge in [-0.05, 0) is 59.2 Å². The molecule has 0 bridgehead atoms. The average Bonchev–Trinajstić information content (AvgIpc) is 3.53. The number of hydrogen-bond acceptors (Lipinski definition) is 7. The molecular formula is C26H31N9O2. The number of nitrogens with one attached hydrogen (secondary N) is 2. The van der Waals surface area contributed by atoms with Gasteiger partial charge >= 0.3 is 0 Å². The first-order valence-electron chi connectivity index (χ1n) is 12.4. The molecule has 0 radical (unpaired) electrons. The van der Waals surface area contributed by atoms with Gasteiger partial charge in [0.15, 0.2) is 5.69 Å². The molecule has 0 spiro atoms. The van der Waals surface area contributed by atoms with Crippen molar-refractivity contribution >= 4 is 28.7 Å². The molecule has 0 saturated carbocycles. The summed E-state index contributed by atoms with van der Waals surface area (Å²) < 4.78 is 3.44. The Morgan fingerprint density at radius 3 is 2.65 bits per heavy atom. The Labute approximate surface area is 214 Å². The number of aromatic nitrogens is 6. The fourth-order valence-corrected chi connectivity index (χ4v) is 4.92. The number of pyridine rings is 2. The summed E-state index contributed by atoms with van der Waals surface area (Å²) >= 11 is 0. The van der Waals surface area contributed by atoms with Crippen molar-refractivity contribution in [2.24, 2.45) is 7.05 Å². The molecule has 1 atom stereocenters. The van der Waals surface area contributed by atoms with Crippen LogP contribution in [-0.4, -0.2) is 65.4 Å². The Morgan fingerprint density at radius 2 is 1.95 bits per heavy atom. The lowest BCUT2D eigenvalue weighted by Gasteiger charge is -2.20. The first kappa shape index (κ1) is 24.6. The Bertz CT molecular complexity index is 1500. The van der Waals surface area contributed by atoms with E-state index in [9.17, 15) is 9.59 Å². The number of carbonyl (C=O) groups excluding carboxylic acids is 2. The molecule has 5 heterocycles. The molecule has 0 aliphatic carbocycles. The van der Waals surface area contributed by atoms with Crippen LogP contribution in [0.4, 0.5) is 11.4 Å².